The van der Waals surface area contributed by atoms with Crippen molar-refractivity contribution in [3.8, 4) is 11.5 Å². The maximum Gasteiger partial charge on any atom is 0.248 e. The maximum absolute atomic E-state index is 8.92. The number of hydrogen-bond acceptors (Lipinski definition) is 5. The Hall–Kier alpha value is -1.24. The molecule has 1 aliphatic rings. The highest BCUT2D eigenvalue weighted by molar-refractivity contribution is 9.10. The summed E-state index contributed by atoms with van der Waals surface area (Å²) in [7, 11) is 0. The van der Waals surface area contributed by atoms with Crippen LogP contribution < -0.4 is 0 Å². The molecule has 0 saturated carbocycles. The molecule has 1 aliphatic heterocycles. The zero-order valence-electron chi connectivity index (χ0n) is 13.1. The van der Waals surface area contributed by atoms with E-state index in [1.807, 2.05) is 24.3 Å². The van der Waals surface area contributed by atoms with Crippen molar-refractivity contribution >= 4 is 15.9 Å². The number of nitrogens with zero attached hydrogens (tertiary/aromatic N) is 3. The van der Waals surface area contributed by atoms with Gasteiger partial charge in [0.05, 0.1) is 12.1 Å². The van der Waals surface area contributed by atoms with Crippen LogP contribution in [0.15, 0.2) is 33.2 Å². The van der Waals surface area contributed by atoms with E-state index in [0.29, 0.717) is 24.9 Å². The highest BCUT2D eigenvalue weighted by Gasteiger charge is 2.21. The number of aromatic nitrogens is 2. The second kappa shape index (κ2) is 8.04. The van der Waals surface area contributed by atoms with Crippen LogP contribution in [0.3, 0.4) is 0 Å². The summed E-state index contributed by atoms with van der Waals surface area (Å²) < 4.78 is 6.78. The number of halogens is 1. The molecule has 1 aromatic heterocycles. The van der Waals surface area contributed by atoms with E-state index >= 15 is 0 Å². The number of benzene rings is 1. The Morgan fingerprint density at radius 3 is 2.74 bits per heavy atom. The number of likely N-dealkylation sites (tertiary alicyclic amines) is 1. The smallest absolute Gasteiger partial charge is 0.248 e. The van der Waals surface area contributed by atoms with Crippen LogP contribution in [0.5, 0.6) is 0 Å². The van der Waals surface area contributed by atoms with Crippen LogP contribution in [-0.2, 0) is 6.54 Å². The van der Waals surface area contributed by atoms with Crippen LogP contribution in [0.1, 0.15) is 31.6 Å². The first-order chi connectivity index (χ1) is 11.3. The van der Waals surface area contributed by atoms with E-state index in [1.54, 1.807) is 0 Å². The van der Waals surface area contributed by atoms with Crippen LogP contribution in [0.25, 0.3) is 11.5 Å². The molecule has 2 heterocycles. The first-order valence-corrected chi connectivity index (χ1v) is 8.96. The number of piperidine rings is 1. The second-order valence-corrected chi connectivity index (χ2v) is 6.92. The lowest BCUT2D eigenvalue weighted by molar-refractivity contribution is 0.153. The molecule has 124 valence electrons. The van der Waals surface area contributed by atoms with Crippen molar-refractivity contribution in [2.24, 2.45) is 5.92 Å². The van der Waals surface area contributed by atoms with Gasteiger partial charge in [0.2, 0.25) is 11.8 Å². The molecule has 0 bridgehead atoms. The Morgan fingerprint density at radius 2 is 2.00 bits per heavy atom. The van der Waals surface area contributed by atoms with Crippen molar-refractivity contribution in [3.05, 3.63) is 34.6 Å². The molecule has 0 unspecified atom stereocenters. The highest BCUT2D eigenvalue weighted by Crippen LogP contribution is 2.27. The largest absolute Gasteiger partial charge is 0.419 e. The van der Waals surface area contributed by atoms with Crippen LogP contribution in [0.4, 0.5) is 0 Å². The summed E-state index contributed by atoms with van der Waals surface area (Å²) in [5.41, 5.74) is 0.925. The minimum atomic E-state index is 0.306. The molecule has 0 amide bonds. The molecule has 1 N–H and O–H groups in total. The lowest BCUT2D eigenvalue weighted by Crippen LogP contribution is -2.33. The normalized spacial score (nSPS) is 16.8. The van der Waals surface area contributed by atoms with Gasteiger partial charge in [-0.2, -0.15) is 0 Å². The maximum atomic E-state index is 8.92. The summed E-state index contributed by atoms with van der Waals surface area (Å²) in [6.45, 7) is 3.13. The highest BCUT2D eigenvalue weighted by atomic mass is 79.9. The first kappa shape index (κ1) is 16.6. The van der Waals surface area contributed by atoms with Crippen LogP contribution in [0.2, 0.25) is 0 Å². The summed E-state index contributed by atoms with van der Waals surface area (Å²) in [6.07, 6.45) is 4.43. The van der Waals surface area contributed by atoms with Crippen LogP contribution >= 0.6 is 15.9 Å². The van der Waals surface area contributed by atoms with E-state index in [0.717, 1.165) is 41.9 Å². The van der Waals surface area contributed by atoms with Crippen molar-refractivity contribution in [2.45, 2.75) is 32.2 Å². The molecule has 0 spiro atoms. The Morgan fingerprint density at radius 1 is 1.22 bits per heavy atom. The summed E-state index contributed by atoms with van der Waals surface area (Å²) in [6, 6.07) is 7.86. The van der Waals surface area contributed by atoms with Gasteiger partial charge in [-0.05, 0) is 72.8 Å². The Labute approximate surface area is 144 Å². The summed E-state index contributed by atoms with van der Waals surface area (Å²) >= 11 is 3.51. The summed E-state index contributed by atoms with van der Waals surface area (Å²) in [5, 5.41) is 17.3. The zero-order chi connectivity index (χ0) is 16.1. The third kappa shape index (κ3) is 4.40. The Bertz CT molecular complexity index is 624. The van der Waals surface area contributed by atoms with Gasteiger partial charge in [0, 0.05) is 11.1 Å². The fraction of sp³-hybridized carbons (Fsp3) is 0.529. The number of aliphatic hydroxyl groups is 1. The Balaban J connectivity index is 1.55. The van der Waals surface area contributed by atoms with E-state index in [-0.39, 0.29) is 0 Å². The molecule has 23 heavy (non-hydrogen) atoms. The van der Waals surface area contributed by atoms with Crippen molar-refractivity contribution in [1.82, 2.24) is 15.1 Å². The third-order valence-corrected chi connectivity index (χ3v) is 5.10. The lowest BCUT2D eigenvalue weighted by atomic mass is 9.92. The van der Waals surface area contributed by atoms with Crippen LogP contribution in [0, 0.1) is 5.92 Å². The molecule has 6 heteroatoms. The van der Waals surface area contributed by atoms with E-state index in [2.05, 4.69) is 31.0 Å². The van der Waals surface area contributed by atoms with Gasteiger partial charge < -0.3 is 9.52 Å². The van der Waals surface area contributed by atoms with Gasteiger partial charge in [0.15, 0.2) is 0 Å². The molecule has 1 saturated heterocycles. The quantitative estimate of drug-likeness (QED) is 0.832. The van der Waals surface area contributed by atoms with Crippen molar-refractivity contribution in [3.63, 3.8) is 0 Å². The first-order valence-electron chi connectivity index (χ1n) is 8.17. The fourth-order valence-corrected chi connectivity index (χ4v) is 3.52. The molecule has 3 rings (SSSR count). The van der Waals surface area contributed by atoms with E-state index in [1.165, 1.54) is 12.8 Å². The summed E-state index contributed by atoms with van der Waals surface area (Å²) in [4.78, 5) is 2.37. The summed E-state index contributed by atoms with van der Waals surface area (Å²) in [5.74, 6) is 1.98. The zero-order valence-corrected chi connectivity index (χ0v) is 14.7. The van der Waals surface area contributed by atoms with Crippen molar-refractivity contribution in [2.75, 3.05) is 19.7 Å². The molecule has 1 aromatic carbocycles. The third-order valence-electron chi connectivity index (χ3n) is 4.41. The van der Waals surface area contributed by atoms with E-state index in [9.17, 15) is 0 Å². The fourth-order valence-electron chi connectivity index (χ4n) is 3.07. The second-order valence-electron chi connectivity index (χ2n) is 6.07. The molecular formula is C17H22BrN3O2. The topological polar surface area (TPSA) is 62.4 Å². The number of rotatable bonds is 6. The molecule has 0 aliphatic carbocycles. The van der Waals surface area contributed by atoms with E-state index < -0.39 is 0 Å². The number of aliphatic hydroxyl groups excluding tert-OH is 1. The molecular weight excluding hydrogens is 358 g/mol. The van der Waals surface area contributed by atoms with Gasteiger partial charge in [-0.1, -0.05) is 12.1 Å². The van der Waals surface area contributed by atoms with E-state index in [4.69, 9.17) is 9.52 Å². The average Bonchev–Trinajstić information content (AvgIpc) is 3.03. The van der Waals surface area contributed by atoms with Crippen molar-refractivity contribution in [1.29, 1.82) is 0 Å². The lowest BCUT2D eigenvalue weighted by Gasteiger charge is -2.30. The molecule has 5 nitrogen and oxygen atoms in total. The number of hydrogen-bond donors (Lipinski definition) is 1. The Kier molecular flexibility index (Phi) is 5.80. The van der Waals surface area contributed by atoms with Gasteiger partial charge in [-0.25, -0.2) is 0 Å². The van der Waals surface area contributed by atoms with Crippen LogP contribution in [-0.4, -0.2) is 39.9 Å². The molecule has 2 aromatic rings. The minimum Gasteiger partial charge on any atom is -0.419 e. The molecule has 0 atom stereocenters. The standard InChI is InChI=1S/C17H22BrN3O2/c18-15-6-2-1-5-14(15)17-20-19-16(23-17)12-21-9-7-13(8-10-21)4-3-11-22/h1-2,5-6,13,22H,3-4,7-12H2. The monoisotopic (exact) mass is 379 g/mol. The van der Waals surface area contributed by atoms with Gasteiger partial charge in [0.1, 0.15) is 0 Å². The molecule has 1 fully saturated rings. The minimum absolute atomic E-state index is 0.306. The van der Waals surface area contributed by atoms with Gasteiger partial charge in [-0.15, -0.1) is 10.2 Å². The van der Waals surface area contributed by atoms with Gasteiger partial charge >= 0.3 is 0 Å². The molecule has 0 radical (unpaired) electrons. The van der Waals surface area contributed by atoms with Gasteiger partial charge in [-0.3, -0.25) is 4.90 Å². The van der Waals surface area contributed by atoms with Crippen molar-refractivity contribution < 1.29 is 9.52 Å². The predicted molar refractivity (Wildman–Crippen MR) is 91.8 cm³/mol. The average molecular weight is 380 g/mol. The van der Waals surface area contributed by atoms with Gasteiger partial charge in [0.25, 0.3) is 0 Å². The SMILES string of the molecule is OCCCC1CCN(Cc2nnc(-c3ccccc3Br)o2)CC1. The predicted octanol–water partition coefficient (Wildman–Crippen LogP) is 3.48.